The lowest BCUT2D eigenvalue weighted by atomic mass is 9.79. The van der Waals surface area contributed by atoms with Crippen LogP contribution in [0.1, 0.15) is 50.5 Å². The maximum atomic E-state index is 12.2. The first kappa shape index (κ1) is 24.5. The minimum Gasteiger partial charge on any atom is -0.355 e. The second-order valence-corrected chi connectivity index (χ2v) is 9.70. The Morgan fingerprint density at radius 2 is 1.87 bits per heavy atom. The van der Waals surface area contributed by atoms with Gasteiger partial charge in [0, 0.05) is 45.2 Å². The Balaban J connectivity index is 0.00000272. The summed E-state index contributed by atoms with van der Waals surface area (Å²) >= 11 is 0. The van der Waals surface area contributed by atoms with Gasteiger partial charge in [-0.3, -0.25) is 9.69 Å². The fourth-order valence-corrected chi connectivity index (χ4v) is 5.69. The Morgan fingerprint density at radius 1 is 1.06 bits per heavy atom. The average molecular weight is 449 g/mol. The maximum absolute atomic E-state index is 12.2. The smallest absolute Gasteiger partial charge is 0.220 e. The highest BCUT2D eigenvalue weighted by Crippen LogP contribution is 2.31. The van der Waals surface area contributed by atoms with Gasteiger partial charge < -0.3 is 15.5 Å². The first-order valence-electron chi connectivity index (χ1n) is 12.2. The van der Waals surface area contributed by atoms with Crippen LogP contribution in [-0.2, 0) is 11.3 Å². The molecule has 0 radical (unpaired) electrons. The zero-order valence-electron chi connectivity index (χ0n) is 18.9. The molecule has 3 fully saturated rings. The van der Waals surface area contributed by atoms with Crippen molar-refractivity contribution in [2.45, 2.75) is 57.5 Å². The Labute approximate surface area is 194 Å². The summed E-state index contributed by atoms with van der Waals surface area (Å²) in [7, 11) is 0. The number of hydrogen-bond acceptors (Lipinski definition) is 4. The lowest BCUT2D eigenvalue weighted by molar-refractivity contribution is -0.121. The Kier molecular flexibility index (Phi) is 10.1. The van der Waals surface area contributed by atoms with E-state index in [4.69, 9.17) is 0 Å². The van der Waals surface area contributed by atoms with E-state index in [0.717, 1.165) is 50.9 Å². The summed E-state index contributed by atoms with van der Waals surface area (Å²) in [5.41, 5.74) is 1.42. The minimum atomic E-state index is 0. The molecule has 31 heavy (non-hydrogen) atoms. The molecule has 0 spiro atoms. The van der Waals surface area contributed by atoms with Crippen LogP contribution in [-0.4, -0.2) is 67.6 Å². The van der Waals surface area contributed by atoms with Crippen LogP contribution in [0.15, 0.2) is 30.3 Å². The van der Waals surface area contributed by atoms with E-state index < -0.39 is 0 Å². The van der Waals surface area contributed by atoms with Gasteiger partial charge in [0.15, 0.2) is 0 Å². The highest BCUT2D eigenvalue weighted by atomic mass is 35.5. The molecule has 1 aromatic rings. The predicted molar refractivity (Wildman–Crippen MR) is 130 cm³/mol. The first-order chi connectivity index (χ1) is 14.8. The third-order valence-corrected chi connectivity index (χ3v) is 7.25. The summed E-state index contributed by atoms with van der Waals surface area (Å²) in [5, 5.41) is 6.94. The quantitative estimate of drug-likeness (QED) is 0.608. The van der Waals surface area contributed by atoms with E-state index in [1.807, 2.05) is 0 Å². The fourth-order valence-electron chi connectivity index (χ4n) is 5.69. The molecule has 3 saturated heterocycles. The predicted octanol–water partition coefficient (Wildman–Crippen LogP) is 3.29. The molecule has 0 unspecified atom stereocenters. The van der Waals surface area contributed by atoms with Gasteiger partial charge in [-0.25, -0.2) is 0 Å². The largest absolute Gasteiger partial charge is 0.355 e. The van der Waals surface area contributed by atoms with E-state index in [9.17, 15) is 4.79 Å². The summed E-state index contributed by atoms with van der Waals surface area (Å²) in [6.45, 7) is 8.82. The van der Waals surface area contributed by atoms with Crippen LogP contribution in [0.3, 0.4) is 0 Å². The second-order valence-electron chi connectivity index (χ2n) is 9.70. The van der Waals surface area contributed by atoms with Gasteiger partial charge in [-0.15, -0.1) is 12.4 Å². The van der Waals surface area contributed by atoms with Crippen molar-refractivity contribution in [1.82, 2.24) is 20.4 Å². The maximum Gasteiger partial charge on any atom is 0.220 e. The topological polar surface area (TPSA) is 47.6 Å². The van der Waals surface area contributed by atoms with Gasteiger partial charge in [0.25, 0.3) is 0 Å². The van der Waals surface area contributed by atoms with Gasteiger partial charge in [-0.05, 0) is 69.1 Å². The molecule has 3 atom stereocenters. The molecule has 1 amide bonds. The number of hydrogen-bond donors (Lipinski definition) is 2. The van der Waals surface area contributed by atoms with Crippen LogP contribution in [0, 0.1) is 11.8 Å². The minimum absolute atomic E-state index is 0. The standard InChI is InChI=1S/C25H40N4O.ClH/c30-25(26-12-15-28-13-5-2-6-14-28)11-7-10-24-23-16-22(17-27-24)19-29(20-23)18-21-8-3-1-4-9-21;/h1,3-4,8-9,22-24,27H,2,5-7,10-20H2,(H,26,30);1H/t22-,23-,24+;/m0./s1. The number of rotatable bonds is 9. The number of piperidine rings is 3. The van der Waals surface area contributed by atoms with Gasteiger partial charge in [0.05, 0.1) is 0 Å². The number of likely N-dealkylation sites (tertiary alicyclic amines) is 2. The van der Waals surface area contributed by atoms with Crippen LogP contribution in [0.2, 0.25) is 0 Å². The van der Waals surface area contributed by atoms with Crippen molar-refractivity contribution in [3.63, 3.8) is 0 Å². The molecule has 174 valence electrons. The van der Waals surface area contributed by atoms with Crippen molar-refractivity contribution >= 4 is 18.3 Å². The molecule has 1 aromatic carbocycles. The van der Waals surface area contributed by atoms with Gasteiger partial charge in [-0.1, -0.05) is 36.8 Å². The number of nitrogens with one attached hydrogen (secondary N) is 2. The summed E-state index contributed by atoms with van der Waals surface area (Å²) in [5.74, 6) is 1.74. The molecule has 5 nitrogen and oxygen atoms in total. The molecule has 3 aliphatic rings. The third-order valence-electron chi connectivity index (χ3n) is 7.25. The molecule has 2 N–H and O–H groups in total. The molecule has 6 heteroatoms. The van der Waals surface area contributed by atoms with Crippen molar-refractivity contribution in [2.24, 2.45) is 11.8 Å². The zero-order chi connectivity index (χ0) is 20.6. The third kappa shape index (κ3) is 7.74. The second kappa shape index (κ2) is 12.8. The first-order valence-corrected chi connectivity index (χ1v) is 12.2. The Bertz CT molecular complexity index is 652. The van der Waals surface area contributed by atoms with Crippen molar-refractivity contribution in [3.05, 3.63) is 35.9 Å². The van der Waals surface area contributed by atoms with E-state index in [0.29, 0.717) is 12.5 Å². The van der Waals surface area contributed by atoms with E-state index in [1.54, 1.807) is 0 Å². The van der Waals surface area contributed by atoms with Crippen LogP contribution in [0.4, 0.5) is 0 Å². The van der Waals surface area contributed by atoms with E-state index in [1.165, 1.54) is 57.4 Å². The van der Waals surface area contributed by atoms with Crippen LogP contribution in [0.25, 0.3) is 0 Å². The van der Waals surface area contributed by atoms with Crippen LogP contribution >= 0.6 is 12.4 Å². The van der Waals surface area contributed by atoms with E-state index in [2.05, 4.69) is 50.8 Å². The van der Waals surface area contributed by atoms with Crippen molar-refractivity contribution in [2.75, 3.05) is 45.8 Å². The molecule has 3 heterocycles. The molecule has 3 aliphatic heterocycles. The number of nitrogens with zero attached hydrogens (tertiary/aromatic N) is 2. The normalized spacial score (nSPS) is 26.8. The zero-order valence-corrected chi connectivity index (χ0v) is 19.8. The molecule has 2 bridgehead atoms. The lowest BCUT2D eigenvalue weighted by Crippen LogP contribution is -2.55. The summed E-state index contributed by atoms with van der Waals surface area (Å²) in [6.07, 6.45) is 8.13. The van der Waals surface area contributed by atoms with Crippen molar-refractivity contribution in [1.29, 1.82) is 0 Å². The Hall–Kier alpha value is -1.14. The fraction of sp³-hybridized carbons (Fsp3) is 0.720. The van der Waals surface area contributed by atoms with E-state index in [-0.39, 0.29) is 18.3 Å². The highest BCUT2D eigenvalue weighted by Gasteiger charge is 2.36. The Morgan fingerprint density at radius 3 is 2.68 bits per heavy atom. The van der Waals surface area contributed by atoms with Crippen LogP contribution < -0.4 is 10.6 Å². The molecule has 0 saturated carbocycles. The van der Waals surface area contributed by atoms with Crippen molar-refractivity contribution in [3.8, 4) is 0 Å². The molecule has 0 aliphatic carbocycles. The summed E-state index contributed by atoms with van der Waals surface area (Å²) in [4.78, 5) is 17.4. The van der Waals surface area contributed by atoms with Crippen molar-refractivity contribution < 1.29 is 4.79 Å². The summed E-state index contributed by atoms with van der Waals surface area (Å²) < 4.78 is 0. The molecular formula is C25H41ClN4O. The van der Waals surface area contributed by atoms with E-state index >= 15 is 0 Å². The van der Waals surface area contributed by atoms with Gasteiger partial charge in [-0.2, -0.15) is 0 Å². The molecular weight excluding hydrogens is 408 g/mol. The molecule has 0 aromatic heterocycles. The van der Waals surface area contributed by atoms with Gasteiger partial charge in [0.2, 0.25) is 5.91 Å². The number of carbonyl (C=O) groups is 1. The number of amides is 1. The number of fused-ring (bicyclic) bond motifs is 2. The molecule has 4 rings (SSSR count). The number of benzene rings is 1. The SMILES string of the molecule is Cl.O=C(CCC[C@H]1NC[C@@H]2C[C@H]1CN(Cc1ccccc1)C2)NCCN1CCCCC1. The number of halogens is 1. The lowest BCUT2D eigenvalue weighted by Gasteiger charge is -2.46. The van der Waals surface area contributed by atoms with Crippen LogP contribution in [0.5, 0.6) is 0 Å². The van der Waals surface area contributed by atoms with Gasteiger partial charge >= 0.3 is 0 Å². The highest BCUT2D eigenvalue weighted by molar-refractivity contribution is 5.85. The van der Waals surface area contributed by atoms with Gasteiger partial charge in [0.1, 0.15) is 0 Å². The number of carbonyl (C=O) groups excluding carboxylic acids is 1. The average Bonchev–Trinajstić information content (AvgIpc) is 2.77. The summed E-state index contributed by atoms with van der Waals surface area (Å²) in [6, 6.07) is 11.4. The monoisotopic (exact) mass is 448 g/mol.